The van der Waals surface area contributed by atoms with Gasteiger partial charge in [-0.2, -0.15) is 5.10 Å². The monoisotopic (exact) mass is 283 g/mol. The molecule has 0 bridgehead atoms. The van der Waals surface area contributed by atoms with E-state index >= 15 is 0 Å². The fraction of sp³-hybridized carbons (Fsp3) is 0.786. The summed E-state index contributed by atoms with van der Waals surface area (Å²) in [5.74, 6) is 0. The van der Waals surface area contributed by atoms with Crippen LogP contribution in [0.1, 0.15) is 37.9 Å². The van der Waals surface area contributed by atoms with Gasteiger partial charge in [0.25, 0.3) is 0 Å². The van der Waals surface area contributed by atoms with E-state index in [1.165, 1.54) is 10.6 Å². The molecule has 108 valence electrons. The number of aryl methyl sites for hydroxylation is 2. The molecule has 0 spiro atoms. The highest BCUT2D eigenvalue weighted by atomic mass is 32.2. The summed E-state index contributed by atoms with van der Waals surface area (Å²) in [5, 5.41) is 6.37. The summed E-state index contributed by atoms with van der Waals surface area (Å²) in [6.07, 6.45) is 3.37. The first-order valence-electron chi connectivity index (χ1n) is 7.09. The van der Waals surface area contributed by atoms with Gasteiger partial charge in [0, 0.05) is 30.5 Å². The fourth-order valence-electron chi connectivity index (χ4n) is 2.48. The van der Waals surface area contributed by atoms with Crippen LogP contribution < -0.4 is 5.73 Å². The zero-order valence-corrected chi connectivity index (χ0v) is 13.2. The molecule has 0 aliphatic carbocycles. The zero-order valence-electron chi connectivity index (χ0n) is 12.3. The molecule has 1 aromatic rings. The van der Waals surface area contributed by atoms with Crippen molar-refractivity contribution in [3.8, 4) is 0 Å². The van der Waals surface area contributed by atoms with Crippen LogP contribution in [-0.2, 0) is 18.2 Å². The summed E-state index contributed by atoms with van der Waals surface area (Å²) in [4.78, 5) is 0. The van der Waals surface area contributed by atoms with Crippen molar-refractivity contribution in [1.82, 2.24) is 9.78 Å². The van der Waals surface area contributed by atoms with Crippen LogP contribution in [0.15, 0.2) is 5.03 Å². The predicted octanol–water partition coefficient (Wildman–Crippen LogP) is 2.28. The highest BCUT2D eigenvalue weighted by molar-refractivity contribution is 8.00. The van der Waals surface area contributed by atoms with E-state index < -0.39 is 0 Å². The number of nitrogens with two attached hydrogens (primary N) is 1. The molecular formula is C14H25N3OS. The van der Waals surface area contributed by atoms with Gasteiger partial charge in [-0.05, 0) is 33.1 Å². The van der Waals surface area contributed by atoms with Gasteiger partial charge in [-0.1, -0.05) is 6.92 Å². The Morgan fingerprint density at radius 3 is 2.89 bits per heavy atom. The van der Waals surface area contributed by atoms with Crippen LogP contribution in [0.5, 0.6) is 0 Å². The molecular weight excluding hydrogens is 258 g/mol. The van der Waals surface area contributed by atoms with Crippen molar-refractivity contribution in [2.24, 2.45) is 12.8 Å². The summed E-state index contributed by atoms with van der Waals surface area (Å²) in [7, 11) is 2.02. The first kappa shape index (κ1) is 14.9. The normalized spacial score (nSPS) is 24.9. The van der Waals surface area contributed by atoms with E-state index in [1.54, 1.807) is 0 Å². The van der Waals surface area contributed by atoms with E-state index in [1.807, 2.05) is 23.5 Å². The molecule has 1 aromatic heterocycles. The largest absolute Gasteiger partial charge is 0.377 e. The molecule has 2 heterocycles. The summed E-state index contributed by atoms with van der Waals surface area (Å²) < 4.78 is 7.65. The third-order valence-corrected chi connectivity index (χ3v) is 5.50. The lowest BCUT2D eigenvalue weighted by Crippen LogP contribution is -2.22. The molecule has 1 aliphatic heterocycles. The molecule has 4 nitrogen and oxygen atoms in total. The number of nitrogens with zero attached hydrogens (tertiary/aromatic N) is 2. The van der Waals surface area contributed by atoms with Gasteiger partial charge in [0.1, 0.15) is 0 Å². The predicted molar refractivity (Wildman–Crippen MR) is 79.6 cm³/mol. The minimum atomic E-state index is 0.222. The van der Waals surface area contributed by atoms with Crippen LogP contribution in [0, 0.1) is 6.92 Å². The van der Waals surface area contributed by atoms with Crippen LogP contribution in [0.25, 0.3) is 0 Å². The topological polar surface area (TPSA) is 53.1 Å². The van der Waals surface area contributed by atoms with E-state index in [-0.39, 0.29) is 6.04 Å². The lowest BCUT2D eigenvalue weighted by molar-refractivity contribution is 0.127. The molecule has 5 heteroatoms. The maximum absolute atomic E-state index is 6.12. The van der Waals surface area contributed by atoms with Gasteiger partial charge in [0.15, 0.2) is 0 Å². The van der Waals surface area contributed by atoms with E-state index in [0.29, 0.717) is 11.4 Å². The Kier molecular flexibility index (Phi) is 4.92. The zero-order chi connectivity index (χ0) is 14.0. The van der Waals surface area contributed by atoms with Crippen LogP contribution >= 0.6 is 11.8 Å². The molecule has 0 saturated carbocycles. The Balaban J connectivity index is 2.18. The number of rotatable bonds is 5. The average molecular weight is 283 g/mol. The van der Waals surface area contributed by atoms with Crippen molar-refractivity contribution in [2.75, 3.05) is 6.61 Å². The van der Waals surface area contributed by atoms with Crippen molar-refractivity contribution < 1.29 is 4.74 Å². The third kappa shape index (κ3) is 3.33. The van der Waals surface area contributed by atoms with Crippen LogP contribution in [0.4, 0.5) is 0 Å². The molecule has 0 radical (unpaired) electrons. The number of thioether (sulfide) groups is 1. The summed E-state index contributed by atoms with van der Waals surface area (Å²) in [6.45, 7) is 7.25. The molecule has 2 N–H and O–H groups in total. The lowest BCUT2D eigenvalue weighted by Gasteiger charge is -2.16. The van der Waals surface area contributed by atoms with E-state index in [4.69, 9.17) is 10.5 Å². The third-order valence-electron chi connectivity index (χ3n) is 3.85. The van der Waals surface area contributed by atoms with Gasteiger partial charge in [-0.3, -0.25) is 4.68 Å². The fourth-order valence-corrected chi connectivity index (χ4v) is 3.82. The number of hydrogen-bond donors (Lipinski definition) is 1. The summed E-state index contributed by atoms with van der Waals surface area (Å²) in [5.41, 5.74) is 8.55. The molecule has 1 saturated heterocycles. The smallest absolute Gasteiger partial charge is 0.0975 e. The maximum atomic E-state index is 6.12. The minimum Gasteiger partial charge on any atom is -0.377 e. The highest BCUT2D eigenvalue weighted by Crippen LogP contribution is 2.35. The SMILES string of the molecule is CCC(N)Cc1c(C)nn(C)c1SC1CCOC1C. The van der Waals surface area contributed by atoms with Crippen LogP contribution in [0.3, 0.4) is 0 Å². The van der Waals surface area contributed by atoms with E-state index in [0.717, 1.165) is 31.6 Å². The molecule has 1 fully saturated rings. The van der Waals surface area contributed by atoms with Crippen molar-refractivity contribution in [1.29, 1.82) is 0 Å². The van der Waals surface area contributed by atoms with Crippen molar-refractivity contribution in [3.63, 3.8) is 0 Å². The number of ether oxygens (including phenoxy) is 1. The second-order valence-electron chi connectivity index (χ2n) is 5.39. The summed E-state index contributed by atoms with van der Waals surface area (Å²) in [6, 6.07) is 0.222. The Hall–Kier alpha value is -0.520. The van der Waals surface area contributed by atoms with Crippen molar-refractivity contribution in [3.05, 3.63) is 11.3 Å². The lowest BCUT2D eigenvalue weighted by atomic mass is 10.1. The second-order valence-corrected chi connectivity index (χ2v) is 6.61. The second kappa shape index (κ2) is 6.29. The molecule has 0 amide bonds. The number of hydrogen-bond acceptors (Lipinski definition) is 4. The summed E-state index contributed by atoms with van der Waals surface area (Å²) >= 11 is 1.91. The van der Waals surface area contributed by atoms with Crippen molar-refractivity contribution in [2.45, 2.75) is 62.5 Å². The van der Waals surface area contributed by atoms with Gasteiger partial charge in [0.2, 0.25) is 0 Å². The molecule has 3 unspecified atom stereocenters. The van der Waals surface area contributed by atoms with E-state index in [9.17, 15) is 0 Å². The van der Waals surface area contributed by atoms with Crippen LogP contribution in [-0.4, -0.2) is 33.8 Å². The highest BCUT2D eigenvalue weighted by Gasteiger charge is 2.28. The quantitative estimate of drug-likeness (QED) is 0.901. The van der Waals surface area contributed by atoms with Gasteiger partial charge in [0.05, 0.1) is 16.8 Å². The number of aromatic nitrogens is 2. The Labute approximate surface area is 120 Å². The average Bonchev–Trinajstić information content (AvgIpc) is 2.88. The maximum Gasteiger partial charge on any atom is 0.0975 e. The first-order valence-corrected chi connectivity index (χ1v) is 7.97. The molecule has 19 heavy (non-hydrogen) atoms. The first-order chi connectivity index (χ1) is 9.02. The van der Waals surface area contributed by atoms with Crippen LogP contribution in [0.2, 0.25) is 0 Å². The molecule has 3 atom stereocenters. The van der Waals surface area contributed by atoms with Gasteiger partial charge in [-0.25, -0.2) is 0 Å². The van der Waals surface area contributed by atoms with Crippen molar-refractivity contribution >= 4 is 11.8 Å². The molecule has 1 aliphatic rings. The van der Waals surface area contributed by atoms with Gasteiger partial charge >= 0.3 is 0 Å². The van der Waals surface area contributed by atoms with E-state index in [2.05, 4.69) is 25.9 Å². The molecule has 0 aromatic carbocycles. The van der Waals surface area contributed by atoms with Gasteiger partial charge in [-0.15, -0.1) is 11.8 Å². The standard InChI is InChI=1S/C14H25N3OS/c1-5-11(15)8-12-9(2)16-17(4)14(12)19-13-6-7-18-10(13)3/h10-11,13H,5-8,15H2,1-4H3. The Bertz CT molecular complexity index is 433. The molecule has 2 rings (SSSR count). The Morgan fingerprint density at radius 2 is 2.32 bits per heavy atom. The minimum absolute atomic E-state index is 0.222. The Morgan fingerprint density at radius 1 is 1.58 bits per heavy atom. The van der Waals surface area contributed by atoms with Gasteiger partial charge < -0.3 is 10.5 Å².